The molecule has 0 aromatic carbocycles. The van der Waals surface area contributed by atoms with E-state index in [-0.39, 0.29) is 41.9 Å². The van der Waals surface area contributed by atoms with E-state index in [2.05, 4.69) is 20.8 Å². The minimum Gasteiger partial charge on any atom is -0.456 e. The summed E-state index contributed by atoms with van der Waals surface area (Å²) in [5.41, 5.74) is -0.874. The van der Waals surface area contributed by atoms with E-state index in [9.17, 15) is 18.4 Å². The molecule has 1 saturated carbocycles. The first-order valence-electron chi connectivity index (χ1n) is 19.2. The molecule has 1 spiro atoms. The topological polar surface area (TPSA) is 97.3 Å². The number of ether oxygens (including phenoxy) is 5. The fourth-order valence-electron chi connectivity index (χ4n) is 9.71. The molecule has 13 atom stereocenters. The molecule has 1 aliphatic carbocycles. The Morgan fingerprint density at radius 1 is 0.940 bits per heavy atom. The van der Waals surface area contributed by atoms with Crippen molar-refractivity contribution in [3.63, 3.8) is 0 Å². The largest absolute Gasteiger partial charge is 0.456 e. The Morgan fingerprint density at radius 2 is 1.74 bits per heavy atom. The summed E-state index contributed by atoms with van der Waals surface area (Å²) < 4.78 is 74.4. The molecular weight excluding hydrogens is 659 g/mol. The van der Waals surface area contributed by atoms with Crippen molar-refractivity contribution >= 4 is 0 Å². The number of hydrogen-bond acceptors (Lipinski definition) is 10. The molecule has 0 radical (unpaired) electrons. The van der Waals surface area contributed by atoms with Gasteiger partial charge < -0.3 is 28.6 Å². The van der Waals surface area contributed by atoms with Gasteiger partial charge in [-0.15, -0.1) is 0 Å². The van der Waals surface area contributed by atoms with Crippen LogP contribution in [0.4, 0.5) is 13.2 Å². The average Bonchev–Trinajstić information content (AvgIpc) is 3.29. The van der Waals surface area contributed by atoms with E-state index in [4.69, 9.17) is 38.3 Å². The van der Waals surface area contributed by atoms with Crippen molar-refractivity contribution in [3.05, 3.63) is 11.3 Å². The fraction of sp³-hybridized carbons (Fsp3) is 0.946. The number of unbranched alkanes of at least 4 members (excludes halogenated alkanes) is 2. The quantitative estimate of drug-likeness (QED) is 0.136. The molecule has 50 heavy (non-hydrogen) atoms. The third-order valence-electron chi connectivity index (χ3n) is 12.7. The maximum Gasteiger partial charge on any atom is 0.449 e. The Labute approximate surface area is 295 Å². The highest BCUT2D eigenvalue weighted by Crippen LogP contribution is 2.61. The monoisotopic (exact) mass is 719 g/mol. The number of likely N-dealkylation sites (N-methyl/N-ethyl adjacent to an activating group) is 1. The minimum absolute atomic E-state index is 0.00259. The van der Waals surface area contributed by atoms with E-state index in [1.807, 2.05) is 18.9 Å². The summed E-state index contributed by atoms with van der Waals surface area (Å²) in [5.74, 6) is -1.76. The van der Waals surface area contributed by atoms with Crippen LogP contribution in [0.3, 0.4) is 0 Å². The van der Waals surface area contributed by atoms with Gasteiger partial charge in [-0.3, -0.25) is 5.26 Å². The van der Waals surface area contributed by atoms with Crippen LogP contribution in [0, 0.1) is 35.5 Å². The van der Waals surface area contributed by atoms with Crippen molar-refractivity contribution < 1.29 is 56.8 Å². The van der Waals surface area contributed by atoms with Crippen molar-refractivity contribution in [3.8, 4) is 0 Å². The molecule has 1 N–H and O–H groups in total. The molecule has 1 unspecified atom stereocenters. The highest BCUT2D eigenvalue weighted by molar-refractivity contribution is 5.29. The molecule has 13 heteroatoms. The summed E-state index contributed by atoms with van der Waals surface area (Å²) in [7, 11) is 1.86. The molecule has 7 rings (SSSR count). The van der Waals surface area contributed by atoms with Crippen molar-refractivity contribution in [2.24, 2.45) is 35.5 Å². The van der Waals surface area contributed by atoms with E-state index in [0.717, 1.165) is 64.2 Å². The zero-order valence-electron chi connectivity index (χ0n) is 30.8. The summed E-state index contributed by atoms with van der Waals surface area (Å²) >= 11 is 0. The predicted molar refractivity (Wildman–Crippen MR) is 176 cm³/mol. The van der Waals surface area contributed by atoms with Crippen LogP contribution in [0.25, 0.3) is 0 Å². The SMILES string of the molecule is C[C@H]1CCC[C@H](C)O[C@H]2O[C@H](OCCCCCN(C)CC3=C(C(F)(F)F)O[C@@H]4O[C@]5(C)CC[C@H]6[C@H](C)CC[C@@H]3[C@@]46OO5)[C@H](C)[C@H](CC1)C2OO. The second-order valence-electron chi connectivity index (χ2n) is 16.5. The maximum absolute atomic E-state index is 14.6. The second kappa shape index (κ2) is 15.8. The first-order chi connectivity index (χ1) is 23.8. The summed E-state index contributed by atoms with van der Waals surface area (Å²) in [5, 5.41) is 9.84. The number of halogens is 3. The Morgan fingerprint density at radius 3 is 2.50 bits per heavy atom. The normalized spacial score (nSPS) is 43.9. The van der Waals surface area contributed by atoms with Gasteiger partial charge in [0.1, 0.15) is 6.10 Å². The number of fused-ring (bicyclic) bond motifs is 4. The number of rotatable bonds is 10. The lowest BCUT2D eigenvalue weighted by Gasteiger charge is -2.57. The summed E-state index contributed by atoms with van der Waals surface area (Å²) in [4.78, 5) is 18.8. The first kappa shape index (κ1) is 38.7. The molecular formula is C37H60F3NO9. The zero-order chi connectivity index (χ0) is 35.8. The van der Waals surface area contributed by atoms with E-state index in [1.165, 1.54) is 0 Å². The molecule has 0 amide bonds. The Kier molecular flexibility index (Phi) is 12.2. The fourth-order valence-corrected chi connectivity index (χ4v) is 9.71. The van der Waals surface area contributed by atoms with Crippen LogP contribution in [0.1, 0.15) is 112 Å². The Bertz CT molecular complexity index is 1180. The van der Waals surface area contributed by atoms with E-state index >= 15 is 0 Å². The summed E-state index contributed by atoms with van der Waals surface area (Å²) in [6, 6.07) is 0. The number of hydrogen-bond donors (Lipinski definition) is 1. The molecule has 0 aromatic rings. The van der Waals surface area contributed by atoms with Gasteiger partial charge in [0.2, 0.25) is 17.8 Å². The van der Waals surface area contributed by atoms with Crippen LogP contribution >= 0.6 is 0 Å². The molecule has 6 aliphatic heterocycles. The predicted octanol–water partition coefficient (Wildman–Crippen LogP) is 7.97. The number of allylic oxidation sites excluding steroid dienone is 1. The number of nitrogens with zero attached hydrogens (tertiary/aromatic N) is 1. The van der Waals surface area contributed by atoms with E-state index < -0.39 is 54.2 Å². The molecule has 7 aliphatic rings. The summed E-state index contributed by atoms with van der Waals surface area (Å²) in [6.07, 6.45) is 2.52. The highest BCUT2D eigenvalue weighted by atomic mass is 19.4. The van der Waals surface area contributed by atoms with Gasteiger partial charge in [-0.05, 0) is 96.2 Å². The van der Waals surface area contributed by atoms with Crippen LogP contribution in [0.5, 0.6) is 0 Å². The van der Waals surface area contributed by atoms with Crippen molar-refractivity contribution in [1.82, 2.24) is 4.90 Å². The Hall–Kier alpha value is -1.03. The molecule has 0 aromatic heterocycles. The van der Waals surface area contributed by atoms with Crippen LogP contribution in [0.15, 0.2) is 11.3 Å². The van der Waals surface area contributed by atoms with Gasteiger partial charge >= 0.3 is 6.18 Å². The molecule has 4 bridgehead atoms. The molecule has 10 nitrogen and oxygen atoms in total. The lowest BCUT2D eigenvalue weighted by molar-refractivity contribution is -0.557. The van der Waals surface area contributed by atoms with E-state index in [1.54, 1.807) is 6.92 Å². The molecule has 6 fully saturated rings. The third kappa shape index (κ3) is 7.92. The number of alkyl halides is 3. The highest BCUT2D eigenvalue weighted by Gasteiger charge is 2.70. The van der Waals surface area contributed by atoms with Crippen LogP contribution in [-0.4, -0.2) is 85.5 Å². The van der Waals surface area contributed by atoms with Crippen molar-refractivity contribution in [2.75, 3.05) is 26.7 Å². The van der Waals surface area contributed by atoms with Crippen LogP contribution < -0.4 is 0 Å². The van der Waals surface area contributed by atoms with Gasteiger partial charge in [-0.1, -0.05) is 40.0 Å². The smallest absolute Gasteiger partial charge is 0.449 e. The maximum atomic E-state index is 14.6. The standard InChI is InChI=1S/C37H60F3NO9/c1-22-11-10-12-24(3)44-33-30(48-42)26(15-13-22)25(4)32(46-33)43-20-9-7-8-19-41(6)21-27-29-16-14-23(2)28-17-18-35(5)47-34(36(28,29)50-49-35)45-31(27)37(38,39)40/h22-26,28-30,32-34,42H,7-21H2,1-6H3/t22-,23+,24-,25+,26-,28-,29-,30?,32-,33-,34+,35-,36+/m0/s1. The lowest BCUT2D eigenvalue weighted by atomic mass is 9.59. The van der Waals surface area contributed by atoms with Crippen LogP contribution in [0.2, 0.25) is 0 Å². The third-order valence-corrected chi connectivity index (χ3v) is 12.7. The van der Waals surface area contributed by atoms with Crippen molar-refractivity contribution in [1.29, 1.82) is 0 Å². The van der Waals surface area contributed by atoms with Gasteiger partial charge in [0.15, 0.2) is 18.2 Å². The first-order valence-corrected chi connectivity index (χ1v) is 19.2. The average molecular weight is 720 g/mol. The zero-order valence-corrected chi connectivity index (χ0v) is 30.8. The van der Waals surface area contributed by atoms with Crippen molar-refractivity contribution in [2.45, 2.75) is 160 Å². The lowest BCUT2D eigenvalue weighted by Crippen LogP contribution is -2.67. The Balaban J connectivity index is 1.04. The van der Waals surface area contributed by atoms with Gasteiger partial charge in [0.25, 0.3) is 0 Å². The van der Waals surface area contributed by atoms with Crippen LogP contribution in [-0.2, 0) is 38.3 Å². The van der Waals surface area contributed by atoms with Gasteiger partial charge in [0.05, 0.1) is 6.10 Å². The molecule has 6 heterocycles. The van der Waals surface area contributed by atoms with Gasteiger partial charge in [-0.25, -0.2) is 14.7 Å². The van der Waals surface area contributed by atoms with E-state index in [0.29, 0.717) is 31.9 Å². The second-order valence-corrected chi connectivity index (χ2v) is 16.5. The molecule has 5 saturated heterocycles. The molecule has 288 valence electrons. The summed E-state index contributed by atoms with van der Waals surface area (Å²) in [6.45, 7) is 11.5. The van der Waals surface area contributed by atoms with Gasteiger partial charge in [-0.2, -0.15) is 13.2 Å². The minimum atomic E-state index is -4.65. The van der Waals surface area contributed by atoms with Gasteiger partial charge in [0, 0.05) is 43.2 Å².